The van der Waals surface area contributed by atoms with Crippen LogP contribution in [0.5, 0.6) is 0 Å². The van der Waals surface area contributed by atoms with E-state index in [2.05, 4.69) is 48.2 Å². The molecule has 0 rings (SSSR count). The maximum atomic E-state index is 4.45. The highest BCUT2D eigenvalue weighted by molar-refractivity contribution is 7.78. The van der Waals surface area contributed by atoms with Crippen molar-refractivity contribution in [1.29, 1.82) is 0 Å². The van der Waals surface area contributed by atoms with E-state index in [4.69, 9.17) is 0 Å². The van der Waals surface area contributed by atoms with Gasteiger partial charge < -0.3 is 4.90 Å². The molecular weight excluding hydrogens is 156 g/mol. The number of thiocarbonyl (C=S) groups is 1. The smallest absolute Gasteiger partial charge is 0.0584 e. The number of rotatable bonds is 5. The Morgan fingerprint density at radius 1 is 1.55 bits per heavy atom. The molecule has 64 valence electrons. The molecule has 0 aliphatic carbocycles. The summed E-state index contributed by atoms with van der Waals surface area (Å²) in [7, 11) is 2.12. The lowest BCUT2D eigenvalue weighted by Gasteiger charge is -2.19. The van der Waals surface area contributed by atoms with Crippen molar-refractivity contribution in [3.63, 3.8) is 0 Å². The van der Waals surface area contributed by atoms with Crippen LogP contribution in [0.2, 0.25) is 0 Å². The standard InChI is InChI=1S/C8H16N2S/c1-8(2)10(3)6-4-5-9-7-11/h8H,4-6H2,1-3H3. The minimum absolute atomic E-state index is 0.617. The minimum atomic E-state index is 0.617. The summed E-state index contributed by atoms with van der Waals surface area (Å²) in [5.41, 5.74) is 0. The van der Waals surface area contributed by atoms with Crippen molar-refractivity contribution >= 4 is 17.4 Å². The van der Waals surface area contributed by atoms with Gasteiger partial charge in [0.05, 0.1) is 11.7 Å². The summed E-state index contributed by atoms with van der Waals surface area (Å²) in [4.78, 5) is 6.13. The van der Waals surface area contributed by atoms with Crippen LogP contribution >= 0.6 is 12.2 Å². The van der Waals surface area contributed by atoms with Gasteiger partial charge in [0.1, 0.15) is 0 Å². The van der Waals surface area contributed by atoms with Gasteiger partial charge in [0.2, 0.25) is 0 Å². The largest absolute Gasteiger partial charge is 0.304 e. The fourth-order valence-electron chi connectivity index (χ4n) is 0.703. The van der Waals surface area contributed by atoms with Crippen LogP contribution in [0.3, 0.4) is 0 Å². The van der Waals surface area contributed by atoms with Gasteiger partial charge in [0.15, 0.2) is 0 Å². The van der Waals surface area contributed by atoms with E-state index < -0.39 is 0 Å². The van der Waals surface area contributed by atoms with Gasteiger partial charge in [-0.05, 0) is 46.1 Å². The first kappa shape index (κ1) is 10.8. The average molecular weight is 172 g/mol. The molecule has 11 heavy (non-hydrogen) atoms. The summed E-state index contributed by atoms with van der Waals surface area (Å²) in [5, 5.41) is 2.36. The van der Waals surface area contributed by atoms with Gasteiger partial charge >= 0.3 is 0 Å². The Hall–Kier alpha value is -0.240. The van der Waals surface area contributed by atoms with E-state index in [1.54, 1.807) is 0 Å². The second-order valence-corrected chi connectivity index (χ2v) is 3.08. The van der Waals surface area contributed by atoms with Crippen LogP contribution in [0.4, 0.5) is 0 Å². The fraction of sp³-hybridized carbons (Fsp3) is 0.875. The lowest BCUT2D eigenvalue weighted by Crippen LogP contribution is -2.27. The van der Waals surface area contributed by atoms with Crippen LogP contribution < -0.4 is 0 Å². The Kier molecular flexibility index (Phi) is 6.33. The molecule has 0 saturated carbocycles. The lowest BCUT2D eigenvalue weighted by molar-refractivity contribution is 0.272. The van der Waals surface area contributed by atoms with Crippen LogP contribution in [0.15, 0.2) is 4.99 Å². The van der Waals surface area contributed by atoms with Crippen LogP contribution in [0.1, 0.15) is 20.3 Å². The van der Waals surface area contributed by atoms with Gasteiger partial charge in [-0.1, -0.05) is 0 Å². The molecule has 0 aromatic carbocycles. The molecule has 0 radical (unpaired) electrons. The highest BCUT2D eigenvalue weighted by Gasteiger charge is 2.00. The first-order valence-electron chi connectivity index (χ1n) is 3.92. The summed E-state index contributed by atoms with van der Waals surface area (Å²) >= 11 is 4.45. The molecule has 0 heterocycles. The van der Waals surface area contributed by atoms with E-state index in [0.29, 0.717) is 6.04 Å². The quantitative estimate of drug-likeness (QED) is 0.357. The highest BCUT2D eigenvalue weighted by atomic mass is 32.1. The Bertz CT molecular complexity index is 139. The van der Waals surface area contributed by atoms with Crippen molar-refractivity contribution in [2.24, 2.45) is 4.99 Å². The average Bonchev–Trinajstić information content (AvgIpc) is 1.97. The van der Waals surface area contributed by atoms with Crippen LogP contribution in [-0.2, 0) is 0 Å². The van der Waals surface area contributed by atoms with Crippen molar-refractivity contribution < 1.29 is 0 Å². The molecule has 0 saturated heterocycles. The normalized spacial score (nSPS) is 10.3. The van der Waals surface area contributed by atoms with E-state index in [1.165, 1.54) is 0 Å². The molecule has 0 unspecified atom stereocenters. The molecule has 0 amide bonds. The molecule has 0 N–H and O–H groups in total. The number of aliphatic imine (C=N–C) groups is 1. The van der Waals surface area contributed by atoms with Gasteiger partial charge in [0, 0.05) is 6.04 Å². The van der Waals surface area contributed by atoms with Crippen molar-refractivity contribution in [3.8, 4) is 0 Å². The molecule has 0 aliphatic rings. The van der Waals surface area contributed by atoms with Crippen LogP contribution in [0.25, 0.3) is 0 Å². The van der Waals surface area contributed by atoms with Gasteiger partial charge in [-0.2, -0.15) is 0 Å². The third-order valence-corrected chi connectivity index (χ3v) is 1.86. The first-order chi connectivity index (χ1) is 5.18. The Balaban J connectivity index is 3.31. The molecular formula is C8H16N2S. The van der Waals surface area contributed by atoms with E-state index in [1.807, 2.05) is 0 Å². The summed E-state index contributed by atoms with van der Waals surface area (Å²) < 4.78 is 0. The molecule has 0 aliphatic heterocycles. The number of nitrogens with zero attached hydrogens (tertiary/aromatic N) is 2. The van der Waals surface area contributed by atoms with E-state index in [0.717, 1.165) is 19.5 Å². The molecule has 0 spiro atoms. The van der Waals surface area contributed by atoms with Crippen molar-refractivity contribution in [1.82, 2.24) is 4.90 Å². The number of hydrogen-bond acceptors (Lipinski definition) is 3. The molecule has 0 atom stereocenters. The molecule has 2 nitrogen and oxygen atoms in total. The topological polar surface area (TPSA) is 15.6 Å². The van der Waals surface area contributed by atoms with Gasteiger partial charge in [-0.3, -0.25) is 0 Å². The molecule has 0 aromatic heterocycles. The zero-order chi connectivity index (χ0) is 8.69. The third-order valence-electron chi connectivity index (χ3n) is 1.73. The molecule has 3 heteroatoms. The summed E-state index contributed by atoms with van der Waals surface area (Å²) in [6, 6.07) is 0.617. The second kappa shape index (κ2) is 6.47. The van der Waals surface area contributed by atoms with Crippen molar-refractivity contribution in [2.45, 2.75) is 26.3 Å². The maximum Gasteiger partial charge on any atom is 0.0584 e. The van der Waals surface area contributed by atoms with E-state index in [9.17, 15) is 0 Å². The van der Waals surface area contributed by atoms with Gasteiger partial charge in [-0.15, -0.1) is 0 Å². The first-order valence-corrected chi connectivity index (χ1v) is 4.33. The maximum absolute atomic E-state index is 4.45. The number of isothiocyanates is 1. The summed E-state index contributed by atoms with van der Waals surface area (Å²) in [6.07, 6.45) is 1.07. The predicted octanol–water partition coefficient (Wildman–Crippen LogP) is 1.82. The Morgan fingerprint density at radius 2 is 2.18 bits per heavy atom. The Morgan fingerprint density at radius 3 is 2.64 bits per heavy atom. The van der Waals surface area contributed by atoms with Gasteiger partial charge in [-0.25, -0.2) is 4.99 Å². The zero-order valence-electron chi connectivity index (χ0n) is 7.50. The molecule has 0 aromatic rings. The summed E-state index contributed by atoms with van der Waals surface area (Å²) in [6.45, 7) is 6.25. The molecule has 0 fully saturated rings. The lowest BCUT2D eigenvalue weighted by atomic mass is 10.3. The monoisotopic (exact) mass is 172 g/mol. The van der Waals surface area contributed by atoms with Crippen LogP contribution in [0, 0.1) is 0 Å². The van der Waals surface area contributed by atoms with E-state index >= 15 is 0 Å². The van der Waals surface area contributed by atoms with Crippen LogP contribution in [-0.4, -0.2) is 36.2 Å². The third kappa shape index (κ3) is 6.17. The van der Waals surface area contributed by atoms with Crippen molar-refractivity contribution in [2.75, 3.05) is 20.1 Å². The minimum Gasteiger partial charge on any atom is -0.304 e. The Labute approximate surface area is 74.3 Å². The number of hydrogen-bond donors (Lipinski definition) is 0. The zero-order valence-corrected chi connectivity index (χ0v) is 8.32. The summed E-state index contributed by atoms with van der Waals surface area (Å²) in [5.74, 6) is 0. The highest BCUT2D eigenvalue weighted by Crippen LogP contribution is 1.94. The predicted molar refractivity (Wildman–Crippen MR) is 52.3 cm³/mol. The second-order valence-electron chi connectivity index (χ2n) is 2.90. The SMILES string of the molecule is CC(C)N(C)CCCN=C=S. The van der Waals surface area contributed by atoms with Crippen molar-refractivity contribution in [3.05, 3.63) is 0 Å². The van der Waals surface area contributed by atoms with E-state index in [-0.39, 0.29) is 0 Å². The fourth-order valence-corrected chi connectivity index (χ4v) is 0.794. The van der Waals surface area contributed by atoms with Gasteiger partial charge in [0.25, 0.3) is 0 Å². The molecule has 0 bridgehead atoms.